The SMILES string of the molecule is O=CCc1cc(-c2ccc(Br)cn2)c(F)c(F)c1F. The molecular weight excluding hydrogens is 323 g/mol. The minimum absolute atomic E-state index is 0.159. The van der Waals surface area contributed by atoms with E-state index in [1.807, 2.05) is 0 Å². The van der Waals surface area contributed by atoms with E-state index in [1.165, 1.54) is 12.3 Å². The van der Waals surface area contributed by atoms with Crippen molar-refractivity contribution in [3.8, 4) is 11.3 Å². The van der Waals surface area contributed by atoms with Crippen LogP contribution in [0.1, 0.15) is 5.56 Å². The fraction of sp³-hybridized carbons (Fsp3) is 0.0769. The molecule has 0 atom stereocenters. The molecule has 2 rings (SSSR count). The Morgan fingerprint density at radius 1 is 1.16 bits per heavy atom. The number of halogens is 4. The van der Waals surface area contributed by atoms with Crippen LogP contribution in [0.2, 0.25) is 0 Å². The van der Waals surface area contributed by atoms with E-state index in [-0.39, 0.29) is 23.2 Å². The van der Waals surface area contributed by atoms with Crippen molar-refractivity contribution in [1.82, 2.24) is 4.98 Å². The van der Waals surface area contributed by atoms with Gasteiger partial charge in [0.05, 0.1) is 5.69 Å². The Morgan fingerprint density at radius 2 is 1.89 bits per heavy atom. The predicted octanol–water partition coefficient (Wildman–Crippen LogP) is 3.67. The molecule has 98 valence electrons. The Labute approximate surface area is 115 Å². The molecule has 2 aromatic rings. The molecule has 0 bridgehead atoms. The normalized spacial score (nSPS) is 10.5. The lowest BCUT2D eigenvalue weighted by Gasteiger charge is -2.08. The molecule has 1 heterocycles. The summed E-state index contributed by atoms with van der Waals surface area (Å²) in [6.45, 7) is 0. The van der Waals surface area contributed by atoms with Crippen molar-refractivity contribution in [2.24, 2.45) is 0 Å². The molecule has 0 spiro atoms. The zero-order valence-electron chi connectivity index (χ0n) is 9.46. The molecule has 2 nitrogen and oxygen atoms in total. The molecule has 0 aliphatic heterocycles. The van der Waals surface area contributed by atoms with Gasteiger partial charge in [0.25, 0.3) is 0 Å². The third kappa shape index (κ3) is 2.68. The summed E-state index contributed by atoms with van der Waals surface area (Å²) in [7, 11) is 0. The van der Waals surface area contributed by atoms with Crippen LogP contribution in [0, 0.1) is 17.5 Å². The lowest BCUT2D eigenvalue weighted by Crippen LogP contribution is -2.02. The Bertz CT molecular complexity index is 629. The van der Waals surface area contributed by atoms with Crippen LogP contribution < -0.4 is 0 Å². The highest BCUT2D eigenvalue weighted by Gasteiger charge is 2.19. The summed E-state index contributed by atoms with van der Waals surface area (Å²) < 4.78 is 41.2. The van der Waals surface area contributed by atoms with Crippen molar-refractivity contribution in [2.45, 2.75) is 6.42 Å². The summed E-state index contributed by atoms with van der Waals surface area (Å²) in [4.78, 5) is 14.3. The molecule has 6 heteroatoms. The van der Waals surface area contributed by atoms with Crippen molar-refractivity contribution in [3.05, 3.63) is 51.9 Å². The molecule has 0 amide bonds. The fourth-order valence-corrected chi connectivity index (χ4v) is 1.85. The molecular formula is C13H7BrF3NO. The summed E-state index contributed by atoms with van der Waals surface area (Å²) in [5, 5.41) is 0. The molecule has 0 saturated heterocycles. The molecule has 0 N–H and O–H groups in total. The van der Waals surface area contributed by atoms with Crippen molar-refractivity contribution < 1.29 is 18.0 Å². The van der Waals surface area contributed by atoms with Crippen LogP contribution in [-0.2, 0) is 11.2 Å². The number of aromatic nitrogens is 1. The average molecular weight is 330 g/mol. The number of benzene rings is 1. The smallest absolute Gasteiger partial charge is 0.195 e. The molecule has 1 aromatic carbocycles. The lowest BCUT2D eigenvalue weighted by atomic mass is 10.0. The van der Waals surface area contributed by atoms with Crippen LogP contribution in [0.4, 0.5) is 13.2 Å². The Hall–Kier alpha value is -1.69. The van der Waals surface area contributed by atoms with E-state index in [0.29, 0.717) is 10.8 Å². The van der Waals surface area contributed by atoms with Crippen molar-refractivity contribution in [3.63, 3.8) is 0 Å². The third-order valence-corrected chi connectivity index (χ3v) is 3.00. The zero-order valence-corrected chi connectivity index (χ0v) is 11.0. The summed E-state index contributed by atoms with van der Waals surface area (Å²) in [5.41, 5.74) is -0.219. The van der Waals surface area contributed by atoms with Gasteiger partial charge in [0.2, 0.25) is 0 Å². The van der Waals surface area contributed by atoms with Gasteiger partial charge in [-0.2, -0.15) is 0 Å². The highest BCUT2D eigenvalue weighted by molar-refractivity contribution is 9.10. The molecule has 19 heavy (non-hydrogen) atoms. The van der Waals surface area contributed by atoms with E-state index in [0.717, 1.165) is 6.07 Å². The van der Waals surface area contributed by atoms with Gasteiger partial charge in [0, 0.05) is 22.7 Å². The van der Waals surface area contributed by atoms with Crippen LogP contribution in [0.25, 0.3) is 11.3 Å². The van der Waals surface area contributed by atoms with Gasteiger partial charge in [-0.25, -0.2) is 13.2 Å². The van der Waals surface area contributed by atoms with Crippen LogP contribution in [0.5, 0.6) is 0 Å². The summed E-state index contributed by atoms with van der Waals surface area (Å²) in [6, 6.07) is 4.16. The van der Waals surface area contributed by atoms with Gasteiger partial charge in [0.15, 0.2) is 17.5 Å². The topological polar surface area (TPSA) is 30.0 Å². The number of carbonyl (C=O) groups is 1. The highest BCUT2D eigenvalue weighted by atomic mass is 79.9. The Kier molecular flexibility index (Phi) is 3.99. The molecule has 0 radical (unpaired) electrons. The van der Waals surface area contributed by atoms with Gasteiger partial charge in [-0.15, -0.1) is 0 Å². The first kappa shape index (κ1) is 13.7. The Morgan fingerprint density at radius 3 is 2.47 bits per heavy atom. The van der Waals surface area contributed by atoms with Gasteiger partial charge >= 0.3 is 0 Å². The highest BCUT2D eigenvalue weighted by Crippen LogP contribution is 2.27. The van der Waals surface area contributed by atoms with Crippen LogP contribution in [-0.4, -0.2) is 11.3 Å². The van der Waals surface area contributed by atoms with Crippen molar-refractivity contribution in [2.75, 3.05) is 0 Å². The van der Waals surface area contributed by atoms with E-state index in [2.05, 4.69) is 20.9 Å². The second-order valence-corrected chi connectivity index (χ2v) is 4.67. The summed E-state index contributed by atoms with van der Waals surface area (Å²) in [5.74, 6) is -4.26. The number of pyridine rings is 1. The third-order valence-electron chi connectivity index (χ3n) is 2.53. The summed E-state index contributed by atoms with van der Waals surface area (Å²) >= 11 is 3.17. The van der Waals surface area contributed by atoms with E-state index in [9.17, 15) is 18.0 Å². The second-order valence-electron chi connectivity index (χ2n) is 3.76. The van der Waals surface area contributed by atoms with Crippen molar-refractivity contribution >= 4 is 22.2 Å². The van der Waals surface area contributed by atoms with Gasteiger partial charge in [-0.05, 0) is 39.7 Å². The van der Waals surface area contributed by atoms with Crippen LogP contribution >= 0.6 is 15.9 Å². The zero-order chi connectivity index (χ0) is 14.0. The van der Waals surface area contributed by atoms with Gasteiger partial charge in [-0.1, -0.05) is 0 Å². The van der Waals surface area contributed by atoms with E-state index in [4.69, 9.17) is 0 Å². The first-order valence-electron chi connectivity index (χ1n) is 5.26. The van der Waals surface area contributed by atoms with Gasteiger partial charge in [-0.3, -0.25) is 4.98 Å². The fourth-order valence-electron chi connectivity index (χ4n) is 1.62. The number of carbonyl (C=O) groups excluding carboxylic acids is 1. The minimum atomic E-state index is -1.60. The largest absolute Gasteiger partial charge is 0.303 e. The van der Waals surface area contributed by atoms with Crippen molar-refractivity contribution in [1.29, 1.82) is 0 Å². The maximum atomic E-state index is 13.7. The van der Waals surface area contributed by atoms with Crippen LogP contribution in [0.15, 0.2) is 28.9 Å². The van der Waals surface area contributed by atoms with Crippen LogP contribution in [0.3, 0.4) is 0 Å². The second kappa shape index (κ2) is 5.52. The molecule has 1 aromatic heterocycles. The first-order valence-corrected chi connectivity index (χ1v) is 6.05. The number of hydrogen-bond donors (Lipinski definition) is 0. The predicted molar refractivity (Wildman–Crippen MR) is 67.0 cm³/mol. The van der Waals surface area contributed by atoms with E-state index < -0.39 is 17.5 Å². The van der Waals surface area contributed by atoms with Gasteiger partial charge in [0.1, 0.15) is 6.29 Å². The Balaban J connectivity index is 2.62. The number of hydrogen-bond acceptors (Lipinski definition) is 2. The van der Waals surface area contributed by atoms with E-state index in [1.54, 1.807) is 6.07 Å². The molecule has 0 fully saturated rings. The monoisotopic (exact) mass is 329 g/mol. The van der Waals surface area contributed by atoms with E-state index >= 15 is 0 Å². The maximum Gasteiger partial charge on any atom is 0.195 e. The number of rotatable bonds is 3. The quantitative estimate of drug-likeness (QED) is 0.635. The molecule has 0 saturated carbocycles. The lowest BCUT2D eigenvalue weighted by molar-refractivity contribution is -0.107. The maximum absolute atomic E-state index is 13.7. The molecule has 0 unspecified atom stereocenters. The average Bonchev–Trinajstić information content (AvgIpc) is 2.41. The van der Waals surface area contributed by atoms with Gasteiger partial charge < -0.3 is 4.79 Å². The molecule has 0 aliphatic rings. The summed E-state index contributed by atoms with van der Waals surface area (Å²) in [6.07, 6.45) is 1.51. The number of nitrogens with zero attached hydrogens (tertiary/aromatic N) is 1. The first-order chi connectivity index (χ1) is 9.04. The number of aldehydes is 1. The molecule has 0 aliphatic carbocycles. The standard InChI is InChI=1S/C13H7BrF3NO/c14-8-1-2-10(18-6-8)9-5-7(3-4-19)11(15)13(17)12(9)16/h1-2,4-6H,3H2. The minimum Gasteiger partial charge on any atom is -0.303 e.